The zero-order valence-corrected chi connectivity index (χ0v) is 25.2. The minimum atomic E-state index is 0.573. The number of aryl methyl sites for hydroxylation is 1. The first kappa shape index (κ1) is 27.3. The molecule has 0 saturated heterocycles. The van der Waals surface area contributed by atoms with Gasteiger partial charge in [0.1, 0.15) is 0 Å². The molecule has 8 aromatic rings. The first-order valence-corrected chi connectivity index (χ1v) is 15.3. The third-order valence-corrected chi connectivity index (χ3v) is 8.50. The van der Waals surface area contributed by atoms with Crippen LogP contribution in [0.3, 0.4) is 0 Å². The molecule has 0 fully saturated rings. The Bertz CT molecular complexity index is 2380. The largest absolute Gasteiger partial charge is 0.308 e. The lowest BCUT2D eigenvalue weighted by molar-refractivity contribution is 1.14. The molecular weight excluding hydrogens is 560 g/mol. The fourth-order valence-electron chi connectivity index (χ4n) is 6.29. The maximum atomic E-state index is 10.0. The summed E-state index contributed by atoms with van der Waals surface area (Å²) >= 11 is 0. The number of fused-ring (bicyclic) bond motifs is 3. The molecular formula is C42H28N4. The third-order valence-electron chi connectivity index (χ3n) is 8.50. The van der Waals surface area contributed by atoms with E-state index in [1.54, 1.807) is 0 Å². The summed E-state index contributed by atoms with van der Waals surface area (Å²) in [5, 5.41) is 12.3. The highest BCUT2D eigenvalue weighted by Crippen LogP contribution is 2.38. The molecule has 4 heteroatoms. The summed E-state index contributed by atoms with van der Waals surface area (Å²) < 4.78 is 2.25. The van der Waals surface area contributed by atoms with E-state index in [-0.39, 0.29) is 0 Å². The molecule has 0 aliphatic carbocycles. The average Bonchev–Trinajstić information content (AvgIpc) is 3.45. The van der Waals surface area contributed by atoms with Gasteiger partial charge in [0, 0.05) is 27.5 Å². The highest BCUT2D eigenvalue weighted by Gasteiger charge is 2.20. The van der Waals surface area contributed by atoms with Crippen molar-refractivity contribution < 1.29 is 0 Å². The van der Waals surface area contributed by atoms with Crippen molar-refractivity contribution in [3.05, 3.63) is 163 Å². The van der Waals surface area contributed by atoms with Crippen LogP contribution in [0.25, 0.3) is 72.5 Å². The van der Waals surface area contributed by atoms with E-state index >= 15 is 0 Å². The molecule has 2 aromatic heterocycles. The predicted molar refractivity (Wildman–Crippen MR) is 188 cm³/mol. The number of hydrogen-bond acceptors (Lipinski definition) is 3. The number of nitriles is 1. The van der Waals surface area contributed by atoms with E-state index in [1.807, 2.05) is 60.7 Å². The molecule has 0 aliphatic rings. The number of benzene rings is 6. The lowest BCUT2D eigenvalue weighted by Gasteiger charge is -2.15. The quantitative estimate of drug-likeness (QED) is 0.201. The molecule has 2 heterocycles. The summed E-state index contributed by atoms with van der Waals surface area (Å²) in [6.07, 6.45) is 0. The topological polar surface area (TPSA) is 54.5 Å². The van der Waals surface area contributed by atoms with Crippen molar-refractivity contribution in [3.8, 4) is 56.8 Å². The van der Waals surface area contributed by atoms with Crippen LogP contribution in [0.2, 0.25) is 0 Å². The maximum absolute atomic E-state index is 10.0. The van der Waals surface area contributed by atoms with Crippen molar-refractivity contribution in [1.29, 1.82) is 5.26 Å². The van der Waals surface area contributed by atoms with Crippen LogP contribution in [0, 0.1) is 18.3 Å². The highest BCUT2D eigenvalue weighted by molar-refractivity contribution is 6.11. The molecule has 0 aliphatic heterocycles. The van der Waals surface area contributed by atoms with Crippen molar-refractivity contribution in [2.75, 3.05) is 0 Å². The molecule has 0 N–H and O–H groups in total. The van der Waals surface area contributed by atoms with E-state index in [9.17, 15) is 5.26 Å². The van der Waals surface area contributed by atoms with Gasteiger partial charge in [-0.2, -0.15) is 5.26 Å². The second-order valence-electron chi connectivity index (χ2n) is 11.5. The zero-order valence-electron chi connectivity index (χ0n) is 25.2. The van der Waals surface area contributed by atoms with Crippen molar-refractivity contribution in [3.63, 3.8) is 0 Å². The summed E-state index contributed by atoms with van der Waals surface area (Å²) in [5.74, 6) is 0.599. The molecule has 4 nitrogen and oxygen atoms in total. The Morgan fingerprint density at radius 1 is 0.522 bits per heavy atom. The molecule has 0 bridgehead atoms. The molecule has 8 rings (SSSR count). The van der Waals surface area contributed by atoms with Gasteiger partial charge in [-0.05, 0) is 60.5 Å². The second-order valence-corrected chi connectivity index (χ2v) is 11.5. The van der Waals surface area contributed by atoms with Crippen LogP contribution >= 0.6 is 0 Å². The maximum Gasteiger partial charge on any atom is 0.162 e. The minimum Gasteiger partial charge on any atom is -0.308 e. The Kier molecular flexibility index (Phi) is 6.70. The predicted octanol–water partition coefficient (Wildman–Crippen LogP) is 10.4. The molecule has 6 aromatic carbocycles. The molecule has 0 spiro atoms. The molecule has 46 heavy (non-hydrogen) atoms. The van der Waals surface area contributed by atoms with Crippen molar-refractivity contribution in [2.24, 2.45) is 0 Å². The van der Waals surface area contributed by atoms with Gasteiger partial charge in [-0.1, -0.05) is 115 Å². The second kappa shape index (κ2) is 11.3. The molecule has 0 radical (unpaired) electrons. The van der Waals surface area contributed by atoms with E-state index in [1.165, 1.54) is 11.1 Å². The van der Waals surface area contributed by atoms with Gasteiger partial charge in [0.15, 0.2) is 5.82 Å². The summed E-state index contributed by atoms with van der Waals surface area (Å²) in [5.41, 5.74) is 11.7. The molecule has 0 atom stereocenters. The van der Waals surface area contributed by atoms with Crippen LogP contribution in [-0.4, -0.2) is 14.5 Å². The van der Waals surface area contributed by atoms with Crippen LogP contribution in [0.5, 0.6) is 0 Å². The minimum absolute atomic E-state index is 0.573. The van der Waals surface area contributed by atoms with Crippen LogP contribution in [-0.2, 0) is 0 Å². The summed E-state index contributed by atoms with van der Waals surface area (Å²) in [6.45, 7) is 2.12. The summed E-state index contributed by atoms with van der Waals surface area (Å²) in [4.78, 5) is 10.3. The van der Waals surface area contributed by atoms with E-state index in [0.29, 0.717) is 11.4 Å². The van der Waals surface area contributed by atoms with Gasteiger partial charge in [0.05, 0.1) is 39.7 Å². The van der Waals surface area contributed by atoms with Gasteiger partial charge in [0.2, 0.25) is 0 Å². The van der Waals surface area contributed by atoms with Crippen molar-refractivity contribution >= 4 is 21.8 Å². The zero-order chi connectivity index (χ0) is 31.0. The Labute approximate surface area is 267 Å². The Morgan fingerprint density at radius 2 is 1.15 bits per heavy atom. The normalized spacial score (nSPS) is 11.1. The van der Waals surface area contributed by atoms with Gasteiger partial charge >= 0.3 is 0 Å². The molecule has 0 amide bonds. The van der Waals surface area contributed by atoms with Gasteiger partial charge in [-0.3, -0.25) is 0 Å². The highest BCUT2D eigenvalue weighted by atomic mass is 15.0. The number of nitrogens with zero attached hydrogens (tertiary/aromatic N) is 4. The van der Waals surface area contributed by atoms with Crippen LogP contribution < -0.4 is 0 Å². The SMILES string of the molecule is Cc1cccc(-c2ccc3c(c2)c2ccccc2n3-c2cc(C#N)ccc2-c2nc(-c3ccccc3)cc(-c3ccccc3)n2)c1. The van der Waals surface area contributed by atoms with Crippen LogP contribution in [0.1, 0.15) is 11.1 Å². The average molecular weight is 589 g/mol. The van der Waals surface area contributed by atoms with E-state index in [2.05, 4.69) is 109 Å². The molecule has 0 saturated carbocycles. The van der Waals surface area contributed by atoms with Crippen LogP contribution in [0.4, 0.5) is 0 Å². The lowest BCUT2D eigenvalue weighted by atomic mass is 10.0. The Hall–Kier alpha value is -6.31. The number of para-hydroxylation sites is 1. The fraction of sp³-hybridized carbons (Fsp3) is 0.0238. The summed E-state index contributed by atoms with van der Waals surface area (Å²) in [6, 6.07) is 54.3. The smallest absolute Gasteiger partial charge is 0.162 e. The summed E-state index contributed by atoms with van der Waals surface area (Å²) in [7, 11) is 0. The van der Waals surface area contributed by atoms with Gasteiger partial charge in [-0.25, -0.2) is 9.97 Å². The van der Waals surface area contributed by atoms with E-state index < -0.39 is 0 Å². The third kappa shape index (κ3) is 4.81. The Balaban J connectivity index is 1.40. The Morgan fingerprint density at radius 3 is 1.85 bits per heavy atom. The van der Waals surface area contributed by atoms with E-state index in [4.69, 9.17) is 9.97 Å². The number of hydrogen-bond donors (Lipinski definition) is 0. The first-order valence-electron chi connectivity index (χ1n) is 15.3. The monoisotopic (exact) mass is 588 g/mol. The van der Waals surface area contributed by atoms with Crippen molar-refractivity contribution in [1.82, 2.24) is 14.5 Å². The van der Waals surface area contributed by atoms with Gasteiger partial charge < -0.3 is 4.57 Å². The fourth-order valence-corrected chi connectivity index (χ4v) is 6.29. The molecule has 216 valence electrons. The van der Waals surface area contributed by atoms with Gasteiger partial charge in [0.25, 0.3) is 0 Å². The molecule has 0 unspecified atom stereocenters. The number of rotatable bonds is 5. The van der Waals surface area contributed by atoms with Crippen molar-refractivity contribution in [2.45, 2.75) is 6.92 Å². The number of aromatic nitrogens is 3. The lowest BCUT2D eigenvalue weighted by Crippen LogP contribution is -2.02. The standard InChI is InChI=1S/C42H28N4/c1-28-11-10-16-32(23-28)33-20-22-40-36(25-33)34-17-8-9-18-39(34)46(40)41-24-29(27-43)19-21-35(41)42-44-37(30-12-4-2-5-13-30)26-38(45-42)31-14-6-3-7-15-31/h2-26H,1H3. The van der Waals surface area contributed by atoms with Gasteiger partial charge in [-0.15, -0.1) is 0 Å². The van der Waals surface area contributed by atoms with Crippen LogP contribution in [0.15, 0.2) is 152 Å². The first-order chi connectivity index (χ1) is 22.7. The van der Waals surface area contributed by atoms with E-state index in [0.717, 1.165) is 61.1 Å².